The predicted octanol–water partition coefficient (Wildman–Crippen LogP) is 2.86. The lowest BCUT2D eigenvalue weighted by Gasteiger charge is -2.35. The van der Waals surface area contributed by atoms with Crippen LogP contribution in [0, 0.1) is 0 Å². The van der Waals surface area contributed by atoms with E-state index in [0.717, 1.165) is 16.4 Å². The average Bonchev–Trinajstić information content (AvgIpc) is 2.36. The minimum absolute atomic E-state index is 0.102. The summed E-state index contributed by atoms with van der Waals surface area (Å²) >= 11 is 5.58. The van der Waals surface area contributed by atoms with Gasteiger partial charge in [0.1, 0.15) is 0 Å². The van der Waals surface area contributed by atoms with Crippen molar-refractivity contribution in [3.8, 4) is 0 Å². The predicted molar refractivity (Wildman–Crippen MR) is 77.0 cm³/mol. The van der Waals surface area contributed by atoms with Crippen LogP contribution in [0.15, 0.2) is 23.1 Å². The van der Waals surface area contributed by atoms with Gasteiger partial charge < -0.3 is 5.73 Å². The summed E-state index contributed by atoms with van der Waals surface area (Å²) in [5.41, 5.74) is 4.52. The van der Waals surface area contributed by atoms with Crippen LogP contribution in [0.3, 0.4) is 0 Å². The summed E-state index contributed by atoms with van der Waals surface area (Å²) in [4.78, 5) is -0.772. The summed E-state index contributed by atoms with van der Waals surface area (Å²) in [6.45, 7) is 1.74. The molecule has 0 amide bonds. The van der Waals surface area contributed by atoms with E-state index in [0.29, 0.717) is 18.9 Å². The molecule has 0 aliphatic carbocycles. The summed E-state index contributed by atoms with van der Waals surface area (Å²) in [6, 6.07) is 2.08. The molecule has 2 N–H and O–H groups in total. The summed E-state index contributed by atoms with van der Waals surface area (Å²) < 4.78 is 65.7. The van der Waals surface area contributed by atoms with Crippen molar-refractivity contribution in [3.05, 3.63) is 28.8 Å². The van der Waals surface area contributed by atoms with E-state index < -0.39 is 32.7 Å². The first kappa shape index (κ1) is 17.5. The van der Waals surface area contributed by atoms with Crippen LogP contribution in [0.2, 0.25) is 5.02 Å². The van der Waals surface area contributed by atoms with Gasteiger partial charge in [0.15, 0.2) is 0 Å². The molecule has 2 rings (SSSR count). The van der Waals surface area contributed by atoms with E-state index in [4.69, 9.17) is 17.3 Å². The van der Waals surface area contributed by atoms with Gasteiger partial charge in [-0.3, -0.25) is 0 Å². The molecular weight excluding hydrogens is 341 g/mol. The summed E-state index contributed by atoms with van der Waals surface area (Å²) in [5.74, 6) is 0. The Morgan fingerprint density at radius 3 is 2.55 bits per heavy atom. The summed E-state index contributed by atoms with van der Waals surface area (Å²) in [7, 11) is -4.27. The highest BCUT2D eigenvalue weighted by Crippen LogP contribution is 2.38. The van der Waals surface area contributed by atoms with Gasteiger partial charge in [0.2, 0.25) is 10.0 Å². The molecule has 1 saturated heterocycles. The second-order valence-corrected chi connectivity index (χ2v) is 7.68. The maximum atomic E-state index is 13.1. The van der Waals surface area contributed by atoms with Crippen molar-refractivity contribution >= 4 is 21.6 Å². The van der Waals surface area contributed by atoms with Crippen LogP contribution >= 0.6 is 11.6 Å². The quantitative estimate of drug-likeness (QED) is 0.886. The smallest absolute Gasteiger partial charge is 0.328 e. The molecule has 0 saturated carbocycles. The molecule has 4 nitrogen and oxygen atoms in total. The van der Waals surface area contributed by atoms with Crippen LogP contribution in [0.1, 0.15) is 25.3 Å². The Labute approximate surface area is 132 Å². The number of halogens is 4. The second-order valence-electron chi connectivity index (χ2n) is 5.39. The molecule has 0 aromatic heterocycles. The van der Waals surface area contributed by atoms with Crippen LogP contribution in [0.5, 0.6) is 0 Å². The maximum Gasteiger partial charge on any atom is 0.417 e. The number of nitrogens with zero attached hydrogens (tertiary/aromatic N) is 1. The van der Waals surface area contributed by atoms with Crippen molar-refractivity contribution in [1.29, 1.82) is 0 Å². The van der Waals surface area contributed by atoms with E-state index in [1.807, 2.05) is 0 Å². The van der Waals surface area contributed by atoms with Crippen LogP contribution in [0.25, 0.3) is 0 Å². The number of nitrogens with two attached hydrogens (primary N) is 1. The maximum absolute atomic E-state index is 13.1. The summed E-state index contributed by atoms with van der Waals surface area (Å²) in [6.07, 6.45) is -3.98. The number of piperidine rings is 1. The minimum Gasteiger partial charge on any atom is -0.328 e. The van der Waals surface area contributed by atoms with Gasteiger partial charge in [-0.15, -0.1) is 0 Å². The van der Waals surface area contributed by atoms with Gasteiger partial charge in [-0.05, 0) is 38.0 Å². The molecule has 2 atom stereocenters. The zero-order valence-corrected chi connectivity index (χ0v) is 13.3. The first-order chi connectivity index (χ1) is 10.0. The third-order valence-electron chi connectivity index (χ3n) is 3.69. The third kappa shape index (κ3) is 3.40. The van der Waals surface area contributed by atoms with Crippen LogP contribution in [-0.2, 0) is 16.2 Å². The Kier molecular flexibility index (Phi) is 4.77. The van der Waals surface area contributed by atoms with E-state index >= 15 is 0 Å². The molecule has 1 heterocycles. The number of hydrogen-bond acceptors (Lipinski definition) is 3. The SMILES string of the molecule is C[C@H]1C[C@H](N)CCN1S(=O)(=O)c1ccc(Cl)cc1C(F)(F)F. The molecule has 9 heteroatoms. The highest BCUT2D eigenvalue weighted by molar-refractivity contribution is 7.89. The Morgan fingerprint density at radius 1 is 1.36 bits per heavy atom. The van der Waals surface area contributed by atoms with Gasteiger partial charge in [-0.1, -0.05) is 11.6 Å². The second kappa shape index (κ2) is 5.99. The molecule has 0 radical (unpaired) electrons. The Bertz CT molecular complexity index is 664. The fourth-order valence-corrected chi connectivity index (χ4v) is 4.64. The van der Waals surface area contributed by atoms with Crippen molar-refractivity contribution in [2.75, 3.05) is 6.54 Å². The van der Waals surface area contributed by atoms with E-state index in [1.165, 1.54) is 0 Å². The third-order valence-corrected chi connectivity index (χ3v) is 6.00. The van der Waals surface area contributed by atoms with E-state index in [2.05, 4.69) is 0 Å². The highest BCUT2D eigenvalue weighted by atomic mass is 35.5. The van der Waals surface area contributed by atoms with Crippen molar-refractivity contribution in [2.45, 2.75) is 42.9 Å². The van der Waals surface area contributed by atoms with Crippen molar-refractivity contribution in [3.63, 3.8) is 0 Å². The zero-order chi connectivity index (χ0) is 16.7. The number of hydrogen-bond donors (Lipinski definition) is 1. The van der Waals surface area contributed by atoms with Crippen molar-refractivity contribution in [1.82, 2.24) is 4.31 Å². The molecular formula is C13H16ClF3N2O2S. The molecule has 1 aliphatic rings. The van der Waals surface area contributed by atoms with Gasteiger partial charge in [0, 0.05) is 23.7 Å². The topological polar surface area (TPSA) is 63.4 Å². The molecule has 1 aliphatic heterocycles. The lowest BCUT2D eigenvalue weighted by atomic mass is 10.0. The molecule has 1 aromatic rings. The first-order valence-electron chi connectivity index (χ1n) is 6.67. The molecule has 0 bridgehead atoms. The summed E-state index contributed by atoms with van der Waals surface area (Å²) in [5, 5.41) is -0.167. The Morgan fingerprint density at radius 2 is 2.00 bits per heavy atom. The number of sulfonamides is 1. The van der Waals surface area contributed by atoms with Crippen LogP contribution in [-0.4, -0.2) is 31.4 Å². The molecule has 124 valence electrons. The average molecular weight is 357 g/mol. The largest absolute Gasteiger partial charge is 0.417 e. The van der Waals surface area contributed by atoms with Gasteiger partial charge >= 0.3 is 6.18 Å². The number of benzene rings is 1. The van der Waals surface area contributed by atoms with Crippen molar-refractivity contribution in [2.24, 2.45) is 5.73 Å². The van der Waals surface area contributed by atoms with Gasteiger partial charge in [0.05, 0.1) is 10.5 Å². The van der Waals surface area contributed by atoms with Crippen LogP contribution < -0.4 is 5.73 Å². The molecule has 0 spiro atoms. The fraction of sp³-hybridized carbons (Fsp3) is 0.538. The lowest BCUT2D eigenvalue weighted by Crippen LogP contribution is -2.48. The van der Waals surface area contributed by atoms with E-state index in [-0.39, 0.29) is 17.6 Å². The zero-order valence-electron chi connectivity index (χ0n) is 11.8. The standard InChI is InChI=1S/C13H16ClF3N2O2S/c1-8-6-10(18)4-5-19(8)22(20,21)12-3-2-9(14)7-11(12)13(15,16)17/h2-3,7-8,10H,4-6,18H2,1H3/t8-,10+/m0/s1. The molecule has 1 fully saturated rings. The monoisotopic (exact) mass is 356 g/mol. The van der Waals surface area contributed by atoms with Gasteiger partial charge in [0.25, 0.3) is 0 Å². The molecule has 0 unspecified atom stereocenters. The van der Waals surface area contributed by atoms with Gasteiger partial charge in [-0.2, -0.15) is 17.5 Å². The Balaban J connectivity index is 2.51. The van der Waals surface area contributed by atoms with E-state index in [1.54, 1.807) is 6.92 Å². The number of alkyl halides is 3. The van der Waals surface area contributed by atoms with Crippen LogP contribution in [0.4, 0.5) is 13.2 Å². The minimum atomic E-state index is -4.80. The molecule has 1 aromatic carbocycles. The highest BCUT2D eigenvalue weighted by Gasteiger charge is 2.41. The normalized spacial score (nSPS) is 24.5. The number of rotatable bonds is 2. The Hall–Kier alpha value is -0.830. The lowest BCUT2D eigenvalue weighted by molar-refractivity contribution is -0.139. The fourth-order valence-electron chi connectivity index (χ4n) is 2.62. The van der Waals surface area contributed by atoms with E-state index in [9.17, 15) is 21.6 Å². The molecule has 22 heavy (non-hydrogen) atoms. The first-order valence-corrected chi connectivity index (χ1v) is 8.49. The van der Waals surface area contributed by atoms with Crippen molar-refractivity contribution < 1.29 is 21.6 Å². The van der Waals surface area contributed by atoms with Gasteiger partial charge in [-0.25, -0.2) is 8.42 Å².